The molecule has 5 rings (SSSR count). The van der Waals surface area contributed by atoms with Crippen LogP contribution in [0.1, 0.15) is 50.7 Å². The molecule has 3 aromatic carbocycles. The SMILES string of the molecule is COCCNC(=O)c1noc2c(F)c(N3C[C@@H](C)O[C@@H](C)C3)c(CO[Si](c3ccccc3)(c3ccccc3)C(C)(C)C)cc12. The zero-order valence-electron chi connectivity index (χ0n) is 26.4. The van der Waals surface area contributed by atoms with Crippen molar-refractivity contribution in [2.45, 2.75) is 58.5 Å². The second-order valence-corrected chi connectivity index (χ2v) is 16.8. The highest BCUT2D eigenvalue weighted by molar-refractivity contribution is 6.99. The van der Waals surface area contributed by atoms with Crippen LogP contribution in [0.25, 0.3) is 11.0 Å². The first kappa shape index (κ1) is 31.8. The minimum absolute atomic E-state index is 0.0250. The number of hydrogen-bond donors (Lipinski definition) is 1. The summed E-state index contributed by atoms with van der Waals surface area (Å²) in [5.74, 6) is -1.02. The number of nitrogens with zero attached hydrogens (tertiary/aromatic N) is 2. The molecule has 1 saturated heterocycles. The van der Waals surface area contributed by atoms with E-state index < -0.39 is 20.0 Å². The molecule has 44 heavy (non-hydrogen) atoms. The number of anilines is 1. The van der Waals surface area contributed by atoms with E-state index in [9.17, 15) is 4.79 Å². The lowest BCUT2D eigenvalue weighted by Crippen LogP contribution is -2.66. The number of fused-ring (bicyclic) bond motifs is 1. The number of nitrogens with one attached hydrogen (secondary N) is 1. The molecule has 0 saturated carbocycles. The van der Waals surface area contributed by atoms with Crippen molar-refractivity contribution in [1.82, 2.24) is 10.5 Å². The Balaban J connectivity index is 1.66. The predicted molar refractivity (Wildman–Crippen MR) is 173 cm³/mol. The molecule has 1 fully saturated rings. The number of rotatable bonds is 10. The average Bonchev–Trinajstić information content (AvgIpc) is 3.42. The van der Waals surface area contributed by atoms with Crippen molar-refractivity contribution in [2.24, 2.45) is 0 Å². The standard InChI is InChI=1S/C34H42FN3O5Si/c1-23-20-38(21-24(2)42-23)31-25(19-28-30(33(39)36-17-18-40-6)37-43-32(28)29(31)35)22-41-44(34(3,4)5,26-13-9-7-10-14-26)27-15-11-8-12-16-27/h7-16,19,23-24H,17-18,20-22H2,1-6H3,(H,36,39)/t23-,24+. The predicted octanol–water partition coefficient (Wildman–Crippen LogP) is 5.03. The van der Waals surface area contributed by atoms with Gasteiger partial charge < -0.3 is 28.6 Å². The van der Waals surface area contributed by atoms with Crippen LogP contribution >= 0.6 is 0 Å². The Morgan fingerprint density at radius 3 is 2.18 bits per heavy atom. The van der Waals surface area contributed by atoms with Crippen LogP contribution in [-0.4, -0.2) is 64.9 Å². The van der Waals surface area contributed by atoms with E-state index in [0.717, 1.165) is 10.4 Å². The summed E-state index contributed by atoms with van der Waals surface area (Å²) in [7, 11) is -1.40. The summed E-state index contributed by atoms with van der Waals surface area (Å²) in [6.45, 7) is 12.3. The summed E-state index contributed by atoms with van der Waals surface area (Å²) in [6.07, 6.45) is -0.202. The lowest BCUT2D eigenvalue weighted by atomic mass is 10.1. The second-order valence-electron chi connectivity index (χ2n) is 12.5. The van der Waals surface area contributed by atoms with Gasteiger partial charge in [0.1, 0.15) is 0 Å². The molecule has 0 spiro atoms. The van der Waals surface area contributed by atoms with Gasteiger partial charge in [-0.15, -0.1) is 0 Å². The third-order valence-corrected chi connectivity index (χ3v) is 13.1. The van der Waals surface area contributed by atoms with Gasteiger partial charge in [0.25, 0.3) is 14.2 Å². The van der Waals surface area contributed by atoms with Crippen LogP contribution < -0.4 is 20.6 Å². The third kappa shape index (κ3) is 6.17. The third-order valence-electron chi connectivity index (χ3n) is 8.16. The highest BCUT2D eigenvalue weighted by Crippen LogP contribution is 2.40. The van der Waals surface area contributed by atoms with E-state index in [0.29, 0.717) is 36.3 Å². The van der Waals surface area contributed by atoms with Gasteiger partial charge in [-0.05, 0) is 35.3 Å². The van der Waals surface area contributed by atoms with Crippen molar-refractivity contribution in [3.63, 3.8) is 0 Å². The van der Waals surface area contributed by atoms with Gasteiger partial charge >= 0.3 is 0 Å². The average molecular weight is 620 g/mol. The summed E-state index contributed by atoms with van der Waals surface area (Å²) in [6, 6.07) is 22.5. The van der Waals surface area contributed by atoms with Crippen LogP contribution in [0.3, 0.4) is 0 Å². The molecule has 234 valence electrons. The van der Waals surface area contributed by atoms with Crippen LogP contribution in [0, 0.1) is 5.82 Å². The Bertz CT molecular complexity index is 1530. The van der Waals surface area contributed by atoms with Crippen LogP contribution in [0.5, 0.6) is 0 Å². The molecule has 0 radical (unpaired) electrons. The molecule has 4 aromatic rings. The summed E-state index contributed by atoms with van der Waals surface area (Å²) < 4.78 is 40.4. The maximum Gasteiger partial charge on any atom is 0.274 e. The lowest BCUT2D eigenvalue weighted by Gasteiger charge is -2.43. The zero-order valence-corrected chi connectivity index (χ0v) is 27.4. The lowest BCUT2D eigenvalue weighted by molar-refractivity contribution is -0.00549. The Morgan fingerprint density at radius 1 is 1.05 bits per heavy atom. The summed E-state index contributed by atoms with van der Waals surface area (Å²) >= 11 is 0. The number of ether oxygens (including phenoxy) is 2. The summed E-state index contributed by atoms with van der Waals surface area (Å²) in [5, 5.41) is 9.03. The Labute approximate surface area is 259 Å². The van der Waals surface area contributed by atoms with Gasteiger partial charge in [0.15, 0.2) is 11.5 Å². The fraction of sp³-hybridized carbons (Fsp3) is 0.412. The molecular formula is C34H42FN3O5Si. The fourth-order valence-corrected chi connectivity index (χ4v) is 10.9. The van der Waals surface area contributed by atoms with Crippen molar-refractivity contribution >= 4 is 41.3 Å². The molecular weight excluding hydrogens is 577 g/mol. The van der Waals surface area contributed by atoms with Crippen LogP contribution in [0.4, 0.5) is 10.1 Å². The van der Waals surface area contributed by atoms with E-state index in [2.05, 4.69) is 55.5 Å². The number of hydrogen-bond acceptors (Lipinski definition) is 7. The molecule has 0 unspecified atom stereocenters. The molecule has 8 nitrogen and oxygen atoms in total. The molecule has 1 N–H and O–H groups in total. The molecule has 0 bridgehead atoms. The molecule has 1 amide bonds. The monoisotopic (exact) mass is 619 g/mol. The molecule has 2 atom stereocenters. The Kier molecular flexibility index (Phi) is 9.55. The quantitative estimate of drug-likeness (QED) is 0.197. The highest BCUT2D eigenvalue weighted by atomic mass is 28.4. The van der Waals surface area contributed by atoms with E-state index in [1.165, 1.54) is 0 Å². The molecule has 1 aliphatic heterocycles. The van der Waals surface area contributed by atoms with Crippen molar-refractivity contribution in [3.05, 3.63) is 83.8 Å². The normalized spacial score (nSPS) is 17.7. The zero-order chi connectivity index (χ0) is 31.5. The molecule has 1 aliphatic rings. The van der Waals surface area contributed by atoms with E-state index in [4.69, 9.17) is 18.4 Å². The van der Waals surface area contributed by atoms with Crippen molar-refractivity contribution in [3.8, 4) is 0 Å². The van der Waals surface area contributed by atoms with Crippen LogP contribution in [0.2, 0.25) is 5.04 Å². The number of morpholine rings is 1. The number of carbonyl (C=O) groups excluding carboxylic acids is 1. The van der Waals surface area contributed by atoms with Gasteiger partial charge in [-0.25, -0.2) is 4.39 Å². The molecule has 1 aromatic heterocycles. The van der Waals surface area contributed by atoms with Gasteiger partial charge in [0.2, 0.25) is 5.58 Å². The van der Waals surface area contributed by atoms with Crippen LogP contribution in [-0.2, 0) is 20.5 Å². The first-order chi connectivity index (χ1) is 21.1. The number of benzene rings is 3. The smallest absolute Gasteiger partial charge is 0.274 e. The van der Waals surface area contributed by atoms with Gasteiger partial charge in [-0.1, -0.05) is 86.6 Å². The van der Waals surface area contributed by atoms with Crippen molar-refractivity contribution < 1.29 is 27.6 Å². The minimum atomic E-state index is -2.96. The second kappa shape index (κ2) is 13.2. The Morgan fingerprint density at radius 2 is 1.64 bits per heavy atom. The first-order valence-corrected chi connectivity index (χ1v) is 17.0. The van der Waals surface area contributed by atoms with E-state index >= 15 is 4.39 Å². The molecule has 2 heterocycles. The van der Waals surface area contributed by atoms with Crippen LogP contribution in [0.15, 0.2) is 71.3 Å². The van der Waals surface area contributed by atoms with Gasteiger partial charge in [-0.3, -0.25) is 4.79 Å². The molecule has 0 aliphatic carbocycles. The van der Waals surface area contributed by atoms with E-state index in [-0.39, 0.29) is 41.7 Å². The van der Waals surface area contributed by atoms with Crippen molar-refractivity contribution in [2.75, 3.05) is 38.3 Å². The first-order valence-electron chi connectivity index (χ1n) is 15.1. The Hall–Kier alpha value is -3.57. The van der Waals surface area contributed by atoms with E-state index in [1.807, 2.05) is 55.1 Å². The summed E-state index contributed by atoms with van der Waals surface area (Å²) in [5.41, 5.74) is 0.980. The number of halogens is 1. The maximum atomic E-state index is 16.6. The molecule has 10 heteroatoms. The number of amides is 1. The number of aromatic nitrogens is 1. The van der Waals surface area contributed by atoms with Gasteiger partial charge in [0.05, 0.1) is 36.5 Å². The van der Waals surface area contributed by atoms with Gasteiger partial charge in [-0.2, -0.15) is 0 Å². The maximum absolute atomic E-state index is 16.6. The topological polar surface area (TPSA) is 86.1 Å². The van der Waals surface area contributed by atoms with Crippen molar-refractivity contribution in [1.29, 1.82) is 0 Å². The minimum Gasteiger partial charge on any atom is -0.403 e. The number of methoxy groups -OCH3 is 1. The fourth-order valence-electron chi connectivity index (χ4n) is 6.35. The highest BCUT2D eigenvalue weighted by Gasteiger charge is 2.50. The van der Waals surface area contributed by atoms with E-state index in [1.54, 1.807) is 13.2 Å². The largest absolute Gasteiger partial charge is 0.403 e. The number of carbonyl (C=O) groups is 1. The van der Waals surface area contributed by atoms with Gasteiger partial charge in [0, 0.05) is 32.3 Å². The summed E-state index contributed by atoms with van der Waals surface area (Å²) in [4.78, 5) is 15.0.